The van der Waals surface area contributed by atoms with Crippen LogP contribution in [0.25, 0.3) is 0 Å². The first kappa shape index (κ1) is 24.0. The average Bonchev–Trinajstić information content (AvgIpc) is 3.24. The number of benzene rings is 2. The van der Waals surface area contributed by atoms with E-state index in [1.165, 1.54) is 38.5 Å². The number of carbonyl (C=O) groups is 1. The van der Waals surface area contributed by atoms with E-state index in [1.807, 2.05) is 0 Å². The lowest BCUT2D eigenvalue weighted by Crippen LogP contribution is -2.35. The number of methoxy groups -OCH3 is 2. The molecule has 0 aliphatic carbocycles. The lowest BCUT2D eigenvalue weighted by atomic mass is 9.96. The van der Waals surface area contributed by atoms with Crippen LogP contribution in [0.4, 0.5) is 24.7 Å². The molecule has 1 aromatic heterocycles. The van der Waals surface area contributed by atoms with Crippen molar-refractivity contribution in [3.8, 4) is 11.5 Å². The molecular weight excluding hydrogens is 496 g/mol. The predicted octanol–water partition coefficient (Wildman–Crippen LogP) is 6.12. The van der Waals surface area contributed by atoms with Crippen molar-refractivity contribution in [2.24, 2.45) is 0 Å². The summed E-state index contributed by atoms with van der Waals surface area (Å²) in [6.45, 7) is 0. The van der Waals surface area contributed by atoms with Gasteiger partial charge in [-0.25, -0.2) is 4.68 Å². The predicted molar refractivity (Wildman–Crippen MR) is 122 cm³/mol. The largest absolute Gasteiger partial charge is 0.493 e. The molecule has 180 valence electrons. The van der Waals surface area contributed by atoms with Crippen LogP contribution < -0.4 is 20.1 Å². The van der Waals surface area contributed by atoms with Gasteiger partial charge in [-0.05, 0) is 35.9 Å². The summed E-state index contributed by atoms with van der Waals surface area (Å²) < 4.78 is 53.1. The molecule has 1 aliphatic heterocycles. The molecular formula is C22H19Cl2F3N4O3. The summed E-state index contributed by atoms with van der Waals surface area (Å²) in [6.07, 6.45) is -4.92. The maximum Gasteiger partial charge on any atom is 0.410 e. The Kier molecular flexibility index (Phi) is 6.55. The number of carbonyl (C=O) groups excluding carboxylic acids is 1. The maximum atomic E-state index is 14.0. The number of alkyl halides is 3. The summed E-state index contributed by atoms with van der Waals surface area (Å²) in [5, 5.41) is 10.1. The molecule has 1 aliphatic rings. The number of nitrogens with zero attached hydrogens (tertiary/aromatic N) is 2. The van der Waals surface area contributed by atoms with Gasteiger partial charge in [0.2, 0.25) is 0 Å². The number of nitrogens with one attached hydrogen (secondary N) is 2. The lowest BCUT2D eigenvalue weighted by molar-refractivity contribution is -0.173. The van der Waals surface area contributed by atoms with Crippen LogP contribution in [0.2, 0.25) is 10.0 Å². The van der Waals surface area contributed by atoms with Crippen molar-refractivity contribution < 1.29 is 27.4 Å². The van der Waals surface area contributed by atoms with Gasteiger partial charge in [-0.2, -0.15) is 18.3 Å². The topological polar surface area (TPSA) is 77.4 Å². The molecule has 0 saturated carbocycles. The molecule has 0 saturated heterocycles. The summed E-state index contributed by atoms with van der Waals surface area (Å²) in [5.41, 5.74) is 0.714. The quantitative estimate of drug-likeness (QED) is 0.428. The Morgan fingerprint density at radius 1 is 1.09 bits per heavy atom. The number of halogens is 5. The zero-order valence-electron chi connectivity index (χ0n) is 17.9. The number of anilines is 2. The first-order valence-corrected chi connectivity index (χ1v) is 10.8. The molecule has 12 heteroatoms. The van der Waals surface area contributed by atoms with Gasteiger partial charge in [-0.15, -0.1) is 0 Å². The molecule has 2 atom stereocenters. The highest BCUT2D eigenvalue weighted by Gasteiger charge is 2.47. The molecule has 0 unspecified atom stereocenters. The van der Waals surface area contributed by atoms with Crippen LogP contribution >= 0.6 is 23.2 Å². The number of amides is 1. The minimum absolute atomic E-state index is 0.0626. The summed E-state index contributed by atoms with van der Waals surface area (Å²) in [4.78, 5) is 12.7. The van der Waals surface area contributed by atoms with Gasteiger partial charge in [0.1, 0.15) is 5.82 Å². The highest BCUT2D eigenvalue weighted by atomic mass is 35.5. The van der Waals surface area contributed by atoms with E-state index in [2.05, 4.69) is 15.7 Å². The Bertz CT molecular complexity index is 1230. The van der Waals surface area contributed by atoms with Gasteiger partial charge >= 0.3 is 6.18 Å². The van der Waals surface area contributed by atoms with E-state index in [0.29, 0.717) is 27.8 Å². The average molecular weight is 515 g/mol. The van der Waals surface area contributed by atoms with Gasteiger partial charge < -0.3 is 20.1 Å². The van der Waals surface area contributed by atoms with Crippen LogP contribution in [-0.4, -0.2) is 36.1 Å². The van der Waals surface area contributed by atoms with E-state index in [1.54, 1.807) is 18.2 Å². The normalized spacial score (nSPS) is 17.5. The van der Waals surface area contributed by atoms with E-state index in [4.69, 9.17) is 32.7 Å². The third-order valence-corrected chi connectivity index (χ3v) is 6.15. The van der Waals surface area contributed by atoms with E-state index < -0.39 is 24.2 Å². The van der Waals surface area contributed by atoms with Crippen molar-refractivity contribution in [1.29, 1.82) is 0 Å². The summed E-state index contributed by atoms with van der Waals surface area (Å²) >= 11 is 11.8. The van der Waals surface area contributed by atoms with E-state index in [0.717, 1.165) is 4.68 Å². The highest BCUT2D eigenvalue weighted by molar-refractivity contribution is 6.42. The molecule has 1 amide bonds. The standard InChI is InChI=1S/C22H19Cl2F3N4O3/c1-33-17-6-3-11(7-18(17)34-2)15-9-19(22(25,26)27)31-20(29-15)10-16(30-31)21(32)28-12-4-5-13(23)14(24)8-12/h3-8,10,15,19,29H,9H2,1-2H3,(H,28,32)/t15-,19+/m1/s1. The van der Waals surface area contributed by atoms with Gasteiger partial charge in [-0.1, -0.05) is 29.3 Å². The molecule has 4 rings (SSSR count). The number of hydrogen-bond acceptors (Lipinski definition) is 5. The number of hydrogen-bond donors (Lipinski definition) is 2. The molecule has 0 bridgehead atoms. The minimum Gasteiger partial charge on any atom is -0.493 e. The second kappa shape index (κ2) is 9.27. The lowest BCUT2D eigenvalue weighted by Gasteiger charge is -2.33. The Hall–Kier alpha value is -3.11. The molecule has 34 heavy (non-hydrogen) atoms. The van der Waals surface area contributed by atoms with Crippen LogP contribution in [-0.2, 0) is 0 Å². The van der Waals surface area contributed by atoms with Crippen molar-refractivity contribution in [3.05, 3.63) is 63.8 Å². The molecule has 0 spiro atoms. The second-order valence-corrected chi connectivity index (χ2v) is 8.36. The zero-order chi connectivity index (χ0) is 24.6. The second-order valence-electron chi connectivity index (χ2n) is 7.55. The number of fused-ring (bicyclic) bond motifs is 1. The molecule has 3 aromatic rings. The fraction of sp³-hybridized carbons (Fsp3) is 0.273. The fourth-order valence-electron chi connectivity index (χ4n) is 3.74. The van der Waals surface area contributed by atoms with Gasteiger partial charge in [0.05, 0.1) is 30.3 Å². The summed E-state index contributed by atoms with van der Waals surface area (Å²) in [5.74, 6) is 0.227. The van der Waals surface area contributed by atoms with Crippen molar-refractivity contribution in [1.82, 2.24) is 9.78 Å². The van der Waals surface area contributed by atoms with Crippen molar-refractivity contribution >= 4 is 40.6 Å². The van der Waals surface area contributed by atoms with Crippen molar-refractivity contribution in [2.75, 3.05) is 24.9 Å². The zero-order valence-corrected chi connectivity index (χ0v) is 19.4. The van der Waals surface area contributed by atoms with Gasteiger partial charge in [0.15, 0.2) is 23.2 Å². The number of ether oxygens (including phenoxy) is 2. The summed E-state index contributed by atoms with van der Waals surface area (Å²) in [6, 6.07) is 7.98. The molecule has 7 nitrogen and oxygen atoms in total. The van der Waals surface area contributed by atoms with Crippen LogP contribution in [0.5, 0.6) is 11.5 Å². The van der Waals surface area contributed by atoms with E-state index >= 15 is 0 Å². The smallest absolute Gasteiger partial charge is 0.410 e. The third kappa shape index (κ3) is 4.74. The molecule has 0 fully saturated rings. The highest BCUT2D eigenvalue weighted by Crippen LogP contribution is 2.44. The maximum absolute atomic E-state index is 14.0. The van der Waals surface area contributed by atoms with Crippen LogP contribution in [0, 0.1) is 0 Å². The summed E-state index contributed by atoms with van der Waals surface area (Å²) in [7, 11) is 2.92. The number of aromatic nitrogens is 2. The van der Waals surface area contributed by atoms with E-state index in [9.17, 15) is 18.0 Å². The first-order valence-electron chi connectivity index (χ1n) is 10.0. The van der Waals surface area contributed by atoms with Gasteiger partial charge in [0, 0.05) is 18.2 Å². The van der Waals surface area contributed by atoms with E-state index in [-0.39, 0.29) is 23.0 Å². The Labute approximate surface area is 202 Å². The SMILES string of the molecule is COc1ccc([C@H]2C[C@@H](C(F)(F)F)n3nc(C(=O)Nc4ccc(Cl)c(Cl)c4)cc3N2)cc1OC. The monoisotopic (exact) mass is 514 g/mol. The fourth-order valence-corrected chi connectivity index (χ4v) is 4.04. The minimum atomic E-state index is -4.59. The molecule has 2 aromatic carbocycles. The van der Waals surface area contributed by atoms with Gasteiger partial charge in [0.25, 0.3) is 5.91 Å². The Morgan fingerprint density at radius 3 is 2.47 bits per heavy atom. The van der Waals surface area contributed by atoms with Crippen LogP contribution in [0.1, 0.15) is 34.6 Å². The first-order chi connectivity index (χ1) is 16.1. The Balaban J connectivity index is 1.64. The van der Waals surface area contributed by atoms with Gasteiger partial charge in [-0.3, -0.25) is 4.79 Å². The van der Waals surface area contributed by atoms with Crippen LogP contribution in [0.3, 0.4) is 0 Å². The molecule has 0 radical (unpaired) electrons. The van der Waals surface area contributed by atoms with Crippen molar-refractivity contribution in [3.63, 3.8) is 0 Å². The number of rotatable bonds is 5. The molecule has 2 heterocycles. The Morgan fingerprint density at radius 2 is 1.82 bits per heavy atom. The van der Waals surface area contributed by atoms with Crippen molar-refractivity contribution in [2.45, 2.75) is 24.7 Å². The van der Waals surface area contributed by atoms with Crippen LogP contribution in [0.15, 0.2) is 42.5 Å². The molecule has 2 N–H and O–H groups in total. The third-order valence-electron chi connectivity index (χ3n) is 5.41.